The third-order valence-electron chi connectivity index (χ3n) is 6.05. The molecule has 8 heteroatoms. The van der Waals surface area contributed by atoms with Gasteiger partial charge in [0.1, 0.15) is 13.2 Å². The van der Waals surface area contributed by atoms with Crippen molar-refractivity contribution in [3.8, 4) is 0 Å². The van der Waals surface area contributed by atoms with Crippen LogP contribution in [0.1, 0.15) is 44.1 Å². The summed E-state index contributed by atoms with van der Waals surface area (Å²) in [6.07, 6.45) is 2.93. The second-order valence-corrected chi connectivity index (χ2v) is 7.88. The van der Waals surface area contributed by atoms with Gasteiger partial charge in [-0.1, -0.05) is 30.3 Å². The number of ether oxygens (including phenoxy) is 1. The Morgan fingerprint density at radius 1 is 0.966 bits per heavy atom. The average molecular weight is 399 g/mol. The first-order chi connectivity index (χ1) is 14.0. The third kappa shape index (κ3) is 4.11. The van der Waals surface area contributed by atoms with Crippen LogP contribution in [0.3, 0.4) is 0 Å². The number of likely N-dealkylation sites (tertiary alicyclic amines) is 1. The van der Waals surface area contributed by atoms with Crippen molar-refractivity contribution < 1.29 is 23.9 Å². The van der Waals surface area contributed by atoms with Crippen molar-refractivity contribution in [2.75, 3.05) is 6.54 Å². The molecule has 1 aromatic rings. The number of hydrogen-bond acceptors (Lipinski definition) is 5. The molecular weight excluding hydrogens is 374 g/mol. The number of alkyl carbamates (subject to hydrolysis) is 1. The second-order valence-electron chi connectivity index (χ2n) is 7.88. The fourth-order valence-corrected chi connectivity index (χ4v) is 4.78. The van der Waals surface area contributed by atoms with Gasteiger partial charge < -0.3 is 15.0 Å². The van der Waals surface area contributed by atoms with Gasteiger partial charge in [0.05, 0.1) is 0 Å². The summed E-state index contributed by atoms with van der Waals surface area (Å²) in [7, 11) is 0. The van der Waals surface area contributed by atoms with Crippen LogP contribution < -0.4 is 5.32 Å². The molecule has 1 aromatic carbocycles. The number of benzene rings is 1. The highest BCUT2D eigenvalue weighted by Crippen LogP contribution is 2.38. The van der Waals surface area contributed by atoms with Crippen LogP contribution in [0.5, 0.6) is 0 Å². The van der Waals surface area contributed by atoms with Crippen molar-refractivity contribution in [1.82, 2.24) is 15.1 Å². The number of piperidine rings is 1. The summed E-state index contributed by atoms with van der Waals surface area (Å²) in [5.41, 5.74) is 0.875. The van der Waals surface area contributed by atoms with Crippen LogP contribution in [-0.2, 0) is 25.7 Å². The van der Waals surface area contributed by atoms with E-state index in [-0.39, 0.29) is 49.0 Å². The molecule has 0 saturated carbocycles. The van der Waals surface area contributed by atoms with Gasteiger partial charge in [0.15, 0.2) is 0 Å². The molecule has 8 nitrogen and oxygen atoms in total. The number of fused-ring (bicyclic) bond motifs is 2. The Labute approximate surface area is 169 Å². The van der Waals surface area contributed by atoms with E-state index in [0.29, 0.717) is 25.7 Å². The molecular formula is C21H25N3O5. The molecule has 154 valence electrons. The molecule has 3 fully saturated rings. The molecule has 2 atom stereocenters. The standard InChI is InChI=1S/C21H25N3O5/c25-18-8-9-19(26)24(18)17-10-15-6-7-16(11-17)23(15)20(27)12-22-21(28)29-13-14-4-2-1-3-5-14/h1-5,15-17H,6-13H2,(H,22,28). The highest BCUT2D eigenvalue weighted by molar-refractivity contribution is 6.02. The first-order valence-electron chi connectivity index (χ1n) is 10.1. The van der Waals surface area contributed by atoms with Crippen LogP contribution in [0, 0.1) is 0 Å². The van der Waals surface area contributed by atoms with Crippen molar-refractivity contribution >= 4 is 23.8 Å². The zero-order valence-corrected chi connectivity index (χ0v) is 16.2. The third-order valence-corrected chi connectivity index (χ3v) is 6.05. The first-order valence-corrected chi connectivity index (χ1v) is 10.1. The minimum atomic E-state index is -0.627. The summed E-state index contributed by atoms with van der Waals surface area (Å²) >= 11 is 0. The van der Waals surface area contributed by atoms with Gasteiger partial charge in [-0.2, -0.15) is 0 Å². The number of nitrogens with one attached hydrogen (secondary N) is 1. The summed E-state index contributed by atoms with van der Waals surface area (Å²) in [5.74, 6) is -0.337. The summed E-state index contributed by atoms with van der Waals surface area (Å²) in [6.45, 7) is 0.0300. The van der Waals surface area contributed by atoms with Crippen molar-refractivity contribution in [2.45, 2.75) is 63.3 Å². The molecule has 0 aromatic heterocycles. The van der Waals surface area contributed by atoms with E-state index in [1.807, 2.05) is 35.2 Å². The summed E-state index contributed by atoms with van der Waals surface area (Å²) in [6, 6.07) is 9.24. The predicted octanol–water partition coefficient (Wildman–Crippen LogP) is 1.58. The summed E-state index contributed by atoms with van der Waals surface area (Å²) in [4.78, 5) is 51.9. The van der Waals surface area contributed by atoms with Gasteiger partial charge in [0.25, 0.3) is 0 Å². The zero-order chi connectivity index (χ0) is 20.4. The first kappa shape index (κ1) is 19.4. The molecule has 2 unspecified atom stereocenters. The molecule has 4 rings (SSSR count). The van der Waals surface area contributed by atoms with Gasteiger partial charge in [0.2, 0.25) is 17.7 Å². The SMILES string of the molecule is O=C(NCC(=O)N1C2CCC1CC(N1C(=O)CCC1=O)C2)OCc1ccccc1. The molecule has 2 bridgehead atoms. The van der Waals surface area contributed by atoms with Crippen molar-refractivity contribution in [3.05, 3.63) is 35.9 Å². The predicted molar refractivity (Wildman–Crippen MR) is 102 cm³/mol. The Balaban J connectivity index is 1.27. The molecule has 0 aliphatic carbocycles. The molecule has 29 heavy (non-hydrogen) atoms. The van der Waals surface area contributed by atoms with Crippen LogP contribution in [-0.4, -0.2) is 58.3 Å². The Bertz CT molecular complexity index is 782. The fourth-order valence-electron chi connectivity index (χ4n) is 4.78. The Morgan fingerprint density at radius 2 is 1.59 bits per heavy atom. The number of nitrogens with zero attached hydrogens (tertiary/aromatic N) is 2. The number of rotatable bonds is 5. The Morgan fingerprint density at radius 3 is 2.21 bits per heavy atom. The molecule has 4 amide bonds. The normalized spacial score (nSPS) is 26.0. The van der Waals surface area contributed by atoms with Crippen LogP contribution in [0.25, 0.3) is 0 Å². The van der Waals surface area contributed by atoms with Gasteiger partial charge in [-0.3, -0.25) is 19.3 Å². The zero-order valence-electron chi connectivity index (χ0n) is 16.2. The van der Waals surface area contributed by atoms with Gasteiger partial charge in [0, 0.05) is 31.0 Å². The highest BCUT2D eigenvalue weighted by atomic mass is 16.5. The number of amides is 4. The van der Waals surface area contributed by atoms with Crippen molar-refractivity contribution in [2.24, 2.45) is 0 Å². The van der Waals surface area contributed by atoms with Crippen molar-refractivity contribution in [1.29, 1.82) is 0 Å². The van der Waals surface area contributed by atoms with Crippen molar-refractivity contribution in [3.63, 3.8) is 0 Å². The molecule has 0 spiro atoms. The van der Waals surface area contributed by atoms with E-state index in [4.69, 9.17) is 4.74 Å². The molecule has 3 aliphatic heterocycles. The topological polar surface area (TPSA) is 96.0 Å². The monoisotopic (exact) mass is 399 g/mol. The molecule has 1 N–H and O–H groups in total. The summed E-state index contributed by atoms with van der Waals surface area (Å²) < 4.78 is 5.14. The lowest BCUT2D eigenvalue weighted by Gasteiger charge is -2.41. The number of imide groups is 1. The largest absolute Gasteiger partial charge is 0.445 e. The lowest BCUT2D eigenvalue weighted by molar-refractivity contribution is -0.144. The molecule has 3 saturated heterocycles. The van der Waals surface area contributed by atoms with Gasteiger partial charge in [-0.05, 0) is 31.2 Å². The maximum Gasteiger partial charge on any atom is 0.407 e. The van der Waals surface area contributed by atoms with Crippen LogP contribution in [0.4, 0.5) is 4.79 Å². The Hall–Kier alpha value is -2.90. The van der Waals surface area contributed by atoms with Crippen LogP contribution in [0.2, 0.25) is 0 Å². The maximum atomic E-state index is 12.7. The quantitative estimate of drug-likeness (QED) is 0.759. The maximum absolute atomic E-state index is 12.7. The molecule has 3 aliphatic rings. The van der Waals surface area contributed by atoms with E-state index in [1.54, 1.807) is 0 Å². The number of hydrogen-bond donors (Lipinski definition) is 1. The minimum absolute atomic E-state index is 0.00888. The molecule has 0 radical (unpaired) electrons. The van der Waals surface area contributed by atoms with E-state index in [9.17, 15) is 19.2 Å². The van der Waals surface area contributed by atoms with E-state index in [2.05, 4.69) is 5.32 Å². The van der Waals surface area contributed by atoms with Gasteiger partial charge in [-0.15, -0.1) is 0 Å². The van der Waals surface area contributed by atoms with E-state index >= 15 is 0 Å². The van der Waals surface area contributed by atoms with E-state index in [1.165, 1.54) is 4.90 Å². The van der Waals surface area contributed by atoms with Gasteiger partial charge in [-0.25, -0.2) is 4.79 Å². The Kier molecular flexibility index (Phi) is 5.51. The van der Waals surface area contributed by atoms with Crippen LogP contribution in [0.15, 0.2) is 30.3 Å². The lowest BCUT2D eigenvalue weighted by Crippen LogP contribution is -2.55. The minimum Gasteiger partial charge on any atom is -0.445 e. The number of carbonyl (C=O) groups is 4. The number of carbonyl (C=O) groups excluding carboxylic acids is 4. The van der Waals surface area contributed by atoms with E-state index in [0.717, 1.165) is 18.4 Å². The smallest absolute Gasteiger partial charge is 0.407 e. The second kappa shape index (κ2) is 8.23. The van der Waals surface area contributed by atoms with Crippen LogP contribution >= 0.6 is 0 Å². The van der Waals surface area contributed by atoms with Gasteiger partial charge >= 0.3 is 6.09 Å². The van der Waals surface area contributed by atoms with E-state index < -0.39 is 6.09 Å². The lowest BCUT2D eigenvalue weighted by atomic mass is 9.96. The average Bonchev–Trinajstić information content (AvgIpc) is 3.20. The molecule has 3 heterocycles. The summed E-state index contributed by atoms with van der Waals surface area (Å²) in [5, 5.41) is 2.53. The fraction of sp³-hybridized carbons (Fsp3) is 0.524. The highest BCUT2D eigenvalue weighted by Gasteiger charge is 2.47.